The summed E-state index contributed by atoms with van der Waals surface area (Å²) >= 11 is 0. The van der Waals surface area contributed by atoms with E-state index >= 15 is 0 Å². The summed E-state index contributed by atoms with van der Waals surface area (Å²) in [6.45, 7) is 15.9. The zero-order valence-corrected chi connectivity index (χ0v) is 27.3. The number of nitrogen functional groups attached to an aromatic ring is 1. The molecule has 0 aliphatic carbocycles. The van der Waals surface area contributed by atoms with Crippen molar-refractivity contribution in [2.24, 2.45) is 11.8 Å². The quantitative estimate of drug-likeness (QED) is 0.148. The SMILES string of the molecule is C/C=C\NC(CCC)C(C(C)CC)C1(Oc2nc(-c3cc(N)c(C)c(C)c3C(F)(F)F)c(P)cc2C=O)COC1.CC. The average Bonchev–Trinajstić information content (AvgIpc) is 2.93. The van der Waals surface area contributed by atoms with E-state index in [0.29, 0.717) is 17.2 Å². The summed E-state index contributed by atoms with van der Waals surface area (Å²) in [6, 6.07) is 2.85. The van der Waals surface area contributed by atoms with Crippen LogP contribution in [0.15, 0.2) is 24.4 Å². The molecule has 6 nitrogen and oxygen atoms in total. The molecule has 1 aliphatic heterocycles. The fourth-order valence-electron chi connectivity index (χ4n) is 5.65. The van der Waals surface area contributed by atoms with E-state index in [4.69, 9.17) is 15.2 Å². The third-order valence-electron chi connectivity index (χ3n) is 8.02. The van der Waals surface area contributed by atoms with Crippen LogP contribution in [0.5, 0.6) is 5.88 Å². The molecule has 0 saturated carbocycles. The third-order valence-corrected chi connectivity index (χ3v) is 8.46. The van der Waals surface area contributed by atoms with Gasteiger partial charge in [-0.3, -0.25) is 4.79 Å². The highest BCUT2D eigenvalue weighted by Crippen LogP contribution is 2.44. The molecule has 1 saturated heterocycles. The number of ether oxygens (including phenoxy) is 2. The molecule has 0 spiro atoms. The molecule has 3 rings (SSSR count). The summed E-state index contributed by atoms with van der Waals surface area (Å²) in [5.41, 5.74) is 5.16. The number of pyridine rings is 1. The number of nitrogens with two attached hydrogens (primary N) is 1. The first kappa shape index (κ1) is 35.6. The first-order valence-corrected chi connectivity index (χ1v) is 15.3. The highest BCUT2D eigenvalue weighted by Gasteiger charge is 2.53. The van der Waals surface area contributed by atoms with Crippen LogP contribution in [0.2, 0.25) is 0 Å². The van der Waals surface area contributed by atoms with Crippen molar-refractivity contribution in [3.05, 3.63) is 46.7 Å². The van der Waals surface area contributed by atoms with Crippen LogP contribution in [0.4, 0.5) is 18.9 Å². The molecular weight excluding hydrogens is 562 g/mol. The molecule has 1 aromatic heterocycles. The second-order valence-electron chi connectivity index (χ2n) is 10.7. The summed E-state index contributed by atoms with van der Waals surface area (Å²) in [5.74, 6) is 0.180. The number of anilines is 1. The summed E-state index contributed by atoms with van der Waals surface area (Å²) < 4.78 is 55.3. The van der Waals surface area contributed by atoms with Crippen molar-refractivity contribution in [1.29, 1.82) is 0 Å². The van der Waals surface area contributed by atoms with Gasteiger partial charge in [-0.1, -0.05) is 53.5 Å². The van der Waals surface area contributed by atoms with Gasteiger partial charge < -0.3 is 20.5 Å². The maximum absolute atomic E-state index is 14.3. The number of carbonyl (C=O) groups excluding carboxylic acids is 1. The van der Waals surface area contributed by atoms with E-state index in [9.17, 15) is 18.0 Å². The Hall–Kier alpha value is -2.64. The van der Waals surface area contributed by atoms with Gasteiger partial charge in [0.05, 0.1) is 30.0 Å². The first-order valence-electron chi connectivity index (χ1n) is 14.7. The van der Waals surface area contributed by atoms with Gasteiger partial charge in [0.25, 0.3) is 0 Å². The number of aldehydes is 1. The number of aromatic nitrogens is 1. The van der Waals surface area contributed by atoms with Gasteiger partial charge in [0.15, 0.2) is 11.9 Å². The Labute approximate surface area is 251 Å². The minimum Gasteiger partial charge on any atom is -0.465 e. The molecule has 1 fully saturated rings. The van der Waals surface area contributed by atoms with Gasteiger partial charge in [0.1, 0.15) is 0 Å². The number of allylic oxidation sites excluding steroid dienone is 1. The van der Waals surface area contributed by atoms with Crippen LogP contribution in [-0.4, -0.2) is 36.1 Å². The average molecular weight is 610 g/mol. The molecule has 1 aliphatic rings. The van der Waals surface area contributed by atoms with E-state index in [0.717, 1.165) is 19.3 Å². The Bertz CT molecular complexity index is 1250. The van der Waals surface area contributed by atoms with Gasteiger partial charge in [0, 0.05) is 23.2 Å². The van der Waals surface area contributed by atoms with E-state index in [1.54, 1.807) is 6.92 Å². The fraction of sp³-hybridized carbons (Fsp3) is 0.562. The van der Waals surface area contributed by atoms with E-state index < -0.39 is 17.3 Å². The summed E-state index contributed by atoms with van der Waals surface area (Å²) in [7, 11) is 2.39. The first-order chi connectivity index (χ1) is 19.8. The van der Waals surface area contributed by atoms with Crippen LogP contribution in [0.25, 0.3) is 11.3 Å². The lowest BCUT2D eigenvalue weighted by Gasteiger charge is -2.51. The maximum Gasteiger partial charge on any atom is 0.417 e. The lowest BCUT2D eigenvalue weighted by atomic mass is 9.70. The molecular formula is C32H47F3N3O3P. The van der Waals surface area contributed by atoms with Gasteiger partial charge in [-0.05, 0) is 67.9 Å². The van der Waals surface area contributed by atoms with E-state index in [-0.39, 0.29) is 65.0 Å². The Balaban J connectivity index is 0.00000301. The van der Waals surface area contributed by atoms with Crippen LogP contribution in [-0.2, 0) is 10.9 Å². The van der Waals surface area contributed by atoms with E-state index in [2.05, 4.69) is 40.3 Å². The van der Waals surface area contributed by atoms with Crippen LogP contribution in [0.1, 0.15) is 87.9 Å². The predicted octanol–water partition coefficient (Wildman–Crippen LogP) is 7.41. The highest BCUT2D eigenvalue weighted by atomic mass is 31.0. The van der Waals surface area contributed by atoms with Gasteiger partial charge in [0.2, 0.25) is 5.88 Å². The highest BCUT2D eigenvalue weighted by molar-refractivity contribution is 7.27. The third kappa shape index (κ3) is 7.46. The molecule has 0 radical (unpaired) electrons. The molecule has 3 N–H and O–H groups in total. The second kappa shape index (κ2) is 15.2. The zero-order chi connectivity index (χ0) is 31.8. The Morgan fingerprint density at radius 1 is 1.21 bits per heavy atom. The molecule has 0 amide bonds. The number of rotatable bonds is 12. The van der Waals surface area contributed by atoms with Gasteiger partial charge >= 0.3 is 6.18 Å². The van der Waals surface area contributed by atoms with Crippen molar-refractivity contribution in [2.75, 3.05) is 18.9 Å². The monoisotopic (exact) mass is 609 g/mol. The fourth-order valence-corrected chi connectivity index (χ4v) is 6.05. The molecule has 42 heavy (non-hydrogen) atoms. The minimum absolute atomic E-state index is 0.0148. The molecule has 2 aromatic rings. The Morgan fingerprint density at radius 2 is 1.86 bits per heavy atom. The zero-order valence-electron chi connectivity index (χ0n) is 26.1. The normalized spacial score (nSPS) is 16.6. The van der Waals surface area contributed by atoms with Crippen molar-refractivity contribution in [3.63, 3.8) is 0 Å². The summed E-state index contributed by atoms with van der Waals surface area (Å²) in [5, 5.41) is 3.85. The lowest BCUT2D eigenvalue weighted by Crippen LogP contribution is -2.65. The number of nitrogens with zero attached hydrogens (tertiary/aromatic N) is 1. The number of carbonyl (C=O) groups is 1. The van der Waals surface area contributed by atoms with Gasteiger partial charge in [-0.15, -0.1) is 9.24 Å². The van der Waals surface area contributed by atoms with Crippen molar-refractivity contribution in [1.82, 2.24) is 10.3 Å². The number of benzene rings is 1. The molecule has 4 unspecified atom stereocenters. The molecule has 4 atom stereocenters. The Kier molecular flexibility index (Phi) is 12.9. The maximum atomic E-state index is 14.3. The van der Waals surface area contributed by atoms with E-state index in [1.807, 2.05) is 33.0 Å². The standard InChI is InChI=1S/C30H41F3N3O3P.C2H6/c1-7-10-23(35-11-8-2)25(17(4)9-3)29(15-38-16-29)39-28-20(14-37)12-24(40)27(36-28)21-13-22(34)18(5)19(6)26(21)30(31,32)33;1-2/h8,11-14,17,23,25,35H,7,9-10,15-16,34,40H2,1-6H3;1-2H3/b11-8-;. The van der Waals surface area contributed by atoms with Crippen LogP contribution in [0, 0.1) is 25.7 Å². The smallest absolute Gasteiger partial charge is 0.417 e. The second-order valence-corrected chi connectivity index (χ2v) is 11.3. The number of alkyl halides is 3. The summed E-state index contributed by atoms with van der Waals surface area (Å²) in [6.07, 6.45) is 2.53. The van der Waals surface area contributed by atoms with Crippen molar-refractivity contribution >= 4 is 26.5 Å². The number of hydrogen-bond donors (Lipinski definition) is 2. The predicted molar refractivity (Wildman–Crippen MR) is 168 cm³/mol. The van der Waals surface area contributed by atoms with Crippen LogP contribution >= 0.6 is 9.24 Å². The number of nitrogens with one attached hydrogen (secondary N) is 1. The van der Waals surface area contributed by atoms with Crippen LogP contribution in [0.3, 0.4) is 0 Å². The van der Waals surface area contributed by atoms with Gasteiger partial charge in [-0.2, -0.15) is 13.2 Å². The number of hydrogen-bond acceptors (Lipinski definition) is 6. The lowest BCUT2D eigenvalue weighted by molar-refractivity contribution is -0.207. The van der Waals surface area contributed by atoms with Crippen molar-refractivity contribution in [2.45, 2.75) is 92.5 Å². The van der Waals surface area contributed by atoms with Crippen LogP contribution < -0.4 is 21.1 Å². The Morgan fingerprint density at radius 3 is 2.33 bits per heavy atom. The topological polar surface area (TPSA) is 86.5 Å². The summed E-state index contributed by atoms with van der Waals surface area (Å²) in [4.78, 5) is 16.7. The van der Waals surface area contributed by atoms with Crippen molar-refractivity contribution in [3.8, 4) is 17.1 Å². The van der Waals surface area contributed by atoms with E-state index in [1.165, 1.54) is 19.1 Å². The van der Waals surface area contributed by atoms with Crippen molar-refractivity contribution < 1.29 is 27.4 Å². The molecule has 10 heteroatoms. The molecule has 0 bridgehead atoms. The largest absolute Gasteiger partial charge is 0.465 e. The molecule has 234 valence electrons. The number of halogens is 3. The minimum atomic E-state index is -4.64. The molecule has 2 heterocycles. The van der Waals surface area contributed by atoms with Gasteiger partial charge in [-0.25, -0.2) is 4.98 Å². The molecule has 1 aromatic carbocycles.